The number of carbonyl (C=O) groups is 2. The lowest BCUT2D eigenvalue weighted by atomic mass is 9.94. The number of fused-ring (bicyclic) bond motifs is 1. The average Bonchev–Trinajstić information content (AvgIpc) is 3.04. The van der Waals surface area contributed by atoms with Crippen molar-refractivity contribution in [3.63, 3.8) is 0 Å². The topological polar surface area (TPSA) is 63.0 Å². The Morgan fingerprint density at radius 3 is 2.62 bits per heavy atom. The number of ether oxygens (including phenoxy) is 1. The zero-order valence-electron chi connectivity index (χ0n) is 15.4. The Hall–Kier alpha value is -2.60. The third kappa shape index (κ3) is 3.96. The first kappa shape index (κ1) is 18.2. The van der Waals surface area contributed by atoms with Crippen LogP contribution in [0.3, 0.4) is 0 Å². The molecular weight excluding hydrogens is 332 g/mol. The van der Waals surface area contributed by atoms with Gasteiger partial charge in [-0.05, 0) is 37.2 Å². The largest absolute Gasteiger partial charge is 0.467 e. The van der Waals surface area contributed by atoms with Gasteiger partial charge >= 0.3 is 5.97 Å². The van der Waals surface area contributed by atoms with Crippen LogP contribution in [0.1, 0.15) is 22.6 Å². The summed E-state index contributed by atoms with van der Waals surface area (Å²) in [5.41, 5.74) is 2.16. The number of nitrogens with zero attached hydrogens (tertiary/aromatic N) is 2. The maximum atomic E-state index is 12.9. The van der Waals surface area contributed by atoms with Crippen LogP contribution in [-0.2, 0) is 33.8 Å². The third-order valence-electron chi connectivity index (χ3n) is 4.67. The summed E-state index contributed by atoms with van der Waals surface area (Å²) in [5.74, 6) is 1.18. The molecule has 0 fully saturated rings. The zero-order valence-corrected chi connectivity index (χ0v) is 15.4. The third-order valence-corrected chi connectivity index (χ3v) is 4.67. The van der Waals surface area contributed by atoms with Crippen LogP contribution in [0.4, 0.5) is 0 Å². The van der Waals surface area contributed by atoms with Gasteiger partial charge in [0.15, 0.2) is 0 Å². The monoisotopic (exact) mass is 356 g/mol. The Kier molecular flexibility index (Phi) is 5.42. The van der Waals surface area contributed by atoms with Crippen molar-refractivity contribution in [2.75, 3.05) is 20.7 Å². The summed E-state index contributed by atoms with van der Waals surface area (Å²) in [6.45, 7) is 3.05. The van der Waals surface area contributed by atoms with Gasteiger partial charge < -0.3 is 14.1 Å². The number of rotatable bonds is 5. The summed E-state index contributed by atoms with van der Waals surface area (Å²) in [4.78, 5) is 28.6. The molecule has 26 heavy (non-hydrogen) atoms. The van der Waals surface area contributed by atoms with Crippen molar-refractivity contribution in [1.29, 1.82) is 0 Å². The van der Waals surface area contributed by atoms with Crippen molar-refractivity contribution in [2.24, 2.45) is 0 Å². The molecule has 1 aliphatic heterocycles. The lowest BCUT2D eigenvalue weighted by molar-refractivity contribution is -0.154. The summed E-state index contributed by atoms with van der Waals surface area (Å²) in [6.07, 6.45) is 0.482. The number of aryl methyl sites for hydroxylation is 1. The van der Waals surface area contributed by atoms with Gasteiger partial charge in [0, 0.05) is 13.0 Å². The van der Waals surface area contributed by atoms with E-state index in [1.165, 1.54) is 7.11 Å². The van der Waals surface area contributed by atoms with Crippen molar-refractivity contribution >= 4 is 11.9 Å². The van der Waals surface area contributed by atoms with E-state index in [1.807, 2.05) is 55.3 Å². The highest BCUT2D eigenvalue weighted by Crippen LogP contribution is 2.24. The van der Waals surface area contributed by atoms with Crippen molar-refractivity contribution in [3.05, 3.63) is 59.0 Å². The van der Waals surface area contributed by atoms with Gasteiger partial charge in [0.25, 0.3) is 0 Å². The number of amides is 1. The number of likely N-dealkylation sites (N-methyl/N-ethyl adjacent to an activating group) is 1. The molecule has 0 aliphatic carbocycles. The van der Waals surface area contributed by atoms with E-state index in [1.54, 1.807) is 4.90 Å². The summed E-state index contributed by atoms with van der Waals surface area (Å²) in [6, 6.07) is 11.1. The zero-order chi connectivity index (χ0) is 18.7. The van der Waals surface area contributed by atoms with Crippen molar-refractivity contribution in [2.45, 2.75) is 32.5 Å². The predicted octanol–water partition coefficient (Wildman–Crippen LogP) is 2.15. The molecule has 138 valence electrons. The Morgan fingerprint density at radius 1 is 1.23 bits per heavy atom. The second-order valence-corrected chi connectivity index (χ2v) is 6.72. The van der Waals surface area contributed by atoms with Crippen LogP contribution in [-0.4, -0.2) is 48.4 Å². The maximum Gasteiger partial charge on any atom is 0.328 e. The fraction of sp³-hybridized carbons (Fsp3) is 0.400. The Bertz CT molecular complexity index is 799. The average molecular weight is 356 g/mol. The molecule has 0 saturated carbocycles. The number of hydrogen-bond donors (Lipinski definition) is 0. The molecule has 1 aliphatic rings. The molecule has 1 aromatic heterocycles. The van der Waals surface area contributed by atoms with Crippen LogP contribution in [0.5, 0.6) is 0 Å². The lowest BCUT2D eigenvalue weighted by Crippen LogP contribution is -2.51. The van der Waals surface area contributed by atoms with E-state index in [0.717, 1.165) is 22.6 Å². The molecule has 0 radical (unpaired) electrons. The Balaban J connectivity index is 1.72. The molecule has 0 saturated heterocycles. The number of furan rings is 1. The van der Waals surface area contributed by atoms with E-state index in [2.05, 4.69) is 0 Å². The molecular formula is C20H24N2O4. The molecule has 3 rings (SSSR count). The van der Waals surface area contributed by atoms with E-state index in [0.29, 0.717) is 19.5 Å². The van der Waals surface area contributed by atoms with Gasteiger partial charge in [-0.15, -0.1) is 0 Å². The fourth-order valence-electron chi connectivity index (χ4n) is 3.35. The van der Waals surface area contributed by atoms with E-state index >= 15 is 0 Å². The van der Waals surface area contributed by atoms with Gasteiger partial charge in [-0.3, -0.25) is 9.69 Å². The van der Waals surface area contributed by atoms with Crippen molar-refractivity contribution in [3.8, 4) is 0 Å². The second kappa shape index (κ2) is 7.74. The van der Waals surface area contributed by atoms with E-state index in [9.17, 15) is 9.59 Å². The molecule has 2 aromatic rings. The molecule has 1 aromatic carbocycles. The van der Waals surface area contributed by atoms with E-state index in [-0.39, 0.29) is 18.4 Å². The first-order valence-corrected chi connectivity index (χ1v) is 8.66. The molecule has 0 N–H and O–H groups in total. The van der Waals surface area contributed by atoms with Crippen LogP contribution in [0.25, 0.3) is 0 Å². The van der Waals surface area contributed by atoms with E-state index < -0.39 is 6.04 Å². The minimum atomic E-state index is -0.582. The smallest absolute Gasteiger partial charge is 0.328 e. The predicted molar refractivity (Wildman–Crippen MR) is 96.3 cm³/mol. The second-order valence-electron chi connectivity index (χ2n) is 6.72. The van der Waals surface area contributed by atoms with Gasteiger partial charge in [-0.25, -0.2) is 4.79 Å². The molecule has 0 spiro atoms. The van der Waals surface area contributed by atoms with Crippen molar-refractivity contribution < 1.29 is 18.7 Å². The van der Waals surface area contributed by atoms with Gasteiger partial charge in [0.2, 0.25) is 5.91 Å². The minimum absolute atomic E-state index is 0.0966. The van der Waals surface area contributed by atoms with Crippen LogP contribution < -0.4 is 0 Å². The highest BCUT2D eigenvalue weighted by Gasteiger charge is 2.35. The summed E-state index contributed by atoms with van der Waals surface area (Å²) in [7, 11) is 3.22. The Labute approximate surface area is 153 Å². The number of esters is 1. The molecule has 6 heteroatoms. The van der Waals surface area contributed by atoms with E-state index in [4.69, 9.17) is 9.15 Å². The summed E-state index contributed by atoms with van der Waals surface area (Å²) >= 11 is 0. The molecule has 6 nitrogen and oxygen atoms in total. The number of carbonyl (C=O) groups excluding carboxylic acids is 2. The standard InChI is InChI=1S/C20H24N2O4/c1-14-8-9-17(26-14)12-21(2)13-19(23)22-11-16-7-5-4-6-15(16)10-18(22)20(24)25-3/h4-9,18H,10-13H2,1-3H3. The molecule has 0 bridgehead atoms. The highest BCUT2D eigenvalue weighted by atomic mass is 16.5. The lowest BCUT2D eigenvalue weighted by Gasteiger charge is -2.36. The fourth-order valence-corrected chi connectivity index (χ4v) is 3.35. The van der Waals surface area contributed by atoms with Gasteiger partial charge in [0.1, 0.15) is 17.6 Å². The van der Waals surface area contributed by atoms with Crippen LogP contribution in [0.15, 0.2) is 40.8 Å². The van der Waals surface area contributed by atoms with Crippen LogP contribution >= 0.6 is 0 Å². The first-order chi connectivity index (χ1) is 12.5. The SMILES string of the molecule is COC(=O)C1Cc2ccccc2CN1C(=O)CN(C)Cc1ccc(C)o1. The first-order valence-electron chi connectivity index (χ1n) is 8.66. The normalized spacial score (nSPS) is 16.5. The Morgan fingerprint density at radius 2 is 1.96 bits per heavy atom. The van der Waals surface area contributed by atoms with Gasteiger partial charge in [-0.2, -0.15) is 0 Å². The van der Waals surface area contributed by atoms with Crippen LogP contribution in [0.2, 0.25) is 0 Å². The summed E-state index contributed by atoms with van der Waals surface area (Å²) in [5, 5.41) is 0. The molecule has 1 amide bonds. The highest BCUT2D eigenvalue weighted by molar-refractivity contribution is 5.86. The minimum Gasteiger partial charge on any atom is -0.467 e. The van der Waals surface area contributed by atoms with Crippen molar-refractivity contribution in [1.82, 2.24) is 9.80 Å². The molecule has 1 unspecified atom stereocenters. The quantitative estimate of drug-likeness (QED) is 0.768. The number of hydrogen-bond acceptors (Lipinski definition) is 5. The maximum absolute atomic E-state index is 12.9. The molecule has 2 heterocycles. The molecule has 1 atom stereocenters. The number of methoxy groups -OCH3 is 1. The summed E-state index contributed by atoms with van der Waals surface area (Å²) < 4.78 is 10.5. The van der Waals surface area contributed by atoms with Crippen LogP contribution in [0, 0.1) is 6.92 Å². The number of benzene rings is 1. The van der Waals surface area contributed by atoms with Gasteiger partial charge in [-0.1, -0.05) is 24.3 Å². The van der Waals surface area contributed by atoms with Gasteiger partial charge in [0.05, 0.1) is 20.2 Å².